The quantitative estimate of drug-likeness (QED) is 0.433. The predicted octanol–water partition coefficient (Wildman–Crippen LogP) is 5.18. The molecule has 0 saturated carbocycles. The third-order valence-electron chi connectivity index (χ3n) is 5.87. The van der Waals surface area contributed by atoms with Gasteiger partial charge in [0.2, 0.25) is 5.91 Å². The van der Waals surface area contributed by atoms with Gasteiger partial charge in [-0.3, -0.25) is 9.20 Å². The molecule has 0 spiro atoms. The molecule has 6 nitrogen and oxygen atoms in total. The van der Waals surface area contributed by atoms with Crippen LogP contribution in [0.25, 0.3) is 15.9 Å². The normalized spacial score (nSPS) is 13.7. The third kappa shape index (κ3) is 3.61. The van der Waals surface area contributed by atoms with Gasteiger partial charge in [0.05, 0.1) is 11.1 Å². The summed E-state index contributed by atoms with van der Waals surface area (Å²) in [5.74, 6) is 1.09. The molecule has 3 heterocycles. The fraction of sp³-hybridized carbons (Fsp3) is 0.391. The average molecular weight is 452 g/mol. The highest BCUT2D eigenvalue weighted by Crippen LogP contribution is 2.38. The molecular formula is C23H25N5OS2. The van der Waals surface area contributed by atoms with Crippen molar-refractivity contribution < 1.29 is 4.79 Å². The van der Waals surface area contributed by atoms with Crippen molar-refractivity contribution in [3.8, 4) is 0 Å². The van der Waals surface area contributed by atoms with Crippen LogP contribution in [0.1, 0.15) is 45.8 Å². The monoisotopic (exact) mass is 451 g/mol. The highest BCUT2D eigenvalue weighted by atomic mass is 32.2. The van der Waals surface area contributed by atoms with Gasteiger partial charge in [0.15, 0.2) is 10.8 Å². The molecule has 160 valence electrons. The van der Waals surface area contributed by atoms with E-state index in [4.69, 9.17) is 4.98 Å². The van der Waals surface area contributed by atoms with E-state index >= 15 is 0 Å². The smallest absolute Gasteiger partial charge is 0.234 e. The Morgan fingerprint density at radius 3 is 2.65 bits per heavy atom. The molecule has 1 aliphatic rings. The van der Waals surface area contributed by atoms with Gasteiger partial charge in [0.25, 0.3) is 0 Å². The van der Waals surface area contributed by atoms with Gasteiger partial charge in [-0.05, 0) is 70.1 Å². The highest BCUT2D eigenvalue weighted by Gasteiger charge is 2.23. The number of rotatable bonds is 4. The Hall–Kier alpha value is -2.45. The molecule has 31 heavy (non-hydrogen) atoms. The second-order valence-corrected chi connectivity index (χ2v) is 10.3. The van der Waals surface area contributed by atoms with E-state index in [0.29, 0.717) is 5.16 Å². The van der Waals surface area contributed by atoms with Crippen LogP contribution in [0.3, 0.4) is 0 Å². The molecule has 0 radical (unpaired) electrons. The molecule has 5 rings (SSSR count). The zero-order valence-corrected chi connectivity index (χ0v) is 19.8. The van der Waals surface area contributed by atoms with Gasteiger partial charge >= 0.3 is 0 Å². The molecule has 0 saturated heterocycles. The van der Waals surface area contributed by atoms with Crippen molar-refractivity contribution in [1.82, 2.24) is 19.6 Å². The molecule has 0 atom stereocenters. The van der Waals surface area contributed by atoms with Crippen molar-refractivity contribution in [2.24, 2.45) is 0 Å². The lowest BCUT2D eigenvalue weighted by molar-refractivity contribution is -0.113. The number of thiophene rings is 1. The molecule has 1 amide bonds. The lowest BCUT2D eigenvalue weighted by atomic mass is 9.97. The van der Waals surface area contributed by atoms with E-state index < -0.39 is 0 Å². The molecule has 0 bridgehead atoms. The maximum Gasteiger partial charge on any atom is 0.234 e. The van der Waals surface area contributed by atoms with Gasteiger partial charge in [-0.25, -0.2) is 4.98 Å². The number of anilines is 1. The van der Waals surface area contributed by atoms with Crippen molar-refractivity contribution in [2.75, 3.05) is 11.1 Å². The molecule has 4 aromatic rings. The molecule has 0 fully saturated rings. The Morgan fingerprint density at radius 1 is 1.13 bits per heavy atom. The lowest BCUT2D eigenvalue weighted by Gasteiger charge is -2.12. The van der Waals surface area contributed by atoms with Crippen molar-refractivity contribution in [3.63, 3.8) is 0 Å². The van der Waals surface area contributed by atoms with Crippen LogP contribution in [0.5, 0.6) is 0 Å². The van der Waals surface area contributed by atoms with Crippen LogP contribution in [-0.4, -0.2) is 31.2 Å². The Morgan fingerprint density at radius 2 is 1.87 bits per heavy atom. The number of fused-ring (bicyclic) bond motifs is 5. The summed E-state index contributed by atoms with van der Waals surface area (Å²) in [7, 11) is 0. The van der Waals surface area contributed by atoms with Crippen molar-refractivity contribution in [3.05, 3.63) is 45.1 Å². The van der Waals surface area contributed by atoms with Crippen molar-refractivity contribution in [1.29, 1.82) is 0 Å². The summed E-state index contributed by atoms with van der Waals surface area (Å²) in [6.07, 6.45) is 4.68. The Kier molecular flexibility index (Phi) is 5.22. The maximum absolute atomic E-state index is 12.7. The van der Waals surface area contributed by atoms with E-state index in [-0.39, 0.29) is 11.7 Å². The SMILES string of the molecule is Cc1cc(C)c(NC(=O)CSc2nnc3c4c5c(sc4nc(C)n23)CCCC5)c(C)c1. The Bertz CT molecular complexity index is 1310. The van der Waals surface area contributed by atoms with Crippen molar-refractivity contribution >= 4 is 50.6 Å². The lowest BCUT2D eigenvalue weighted by Crippen LogP contribution is -2.16. The number of hydrogen-bond acceptors (Lipinski definition) is 6. The standard InChI is InChI=1S/C23H25N5OS2/c1-12-9-13(2)20(14(3)10-12)25-18(29)11-30-23-27-26-21-19-16-7-5-6-8-17(16)31-22(19)24-15(4)28(21)23/h9-10H,5-8,11H2,1-4H3,(H,25,29). The summed E-state index contributed by atoms with van der Waals surface area (Å²) in [6, 6.07) is 4.17. The van der Waals surface area contributed by atoms with Crippen LogP contribution in [0.15, 0.2) is 17.3 Å². The topological polar surface area (TPSA) is 72.2 Å². The number of nitrogens with zero attached hydrogens (tertiary/aromatic N) is 4. The minimum absolute atomic E-state index is 0.0450. The van der Waals surface area contributed by atoms with Gasteiger partial charge in [-0.15, -0.1) is 21.5 Å². The van der Waals surface area contributed by atoms with Crippen LogP contribution in [0.2, 0.25) is 0 Å². The zero-order chi connectivity index (χ0) is 21.7. The second kappa shape index (κ2) is 7.91. The van der Waals surface area contributed by atoms with Crippen LogP contribution >= 0.6 is 23.1 Å². The molecule has 1 aliphatic carbocycles. The van der Waals surface area contributed by atoms with Gasteiger partial charge in [0, 0.05) is 10.6 Å². The van der Waals surface area contributed by atoms with E-state index in [1.807, 2.05) is 25.2 Å². The summed E-state index contributed by atoms with van der Waals surface area (Å²) >= 11 is 3.20. The van der Waals surface area contributed by atoms with Crippen molar-refractivity contribution in [2.45, 2.75) is 58.5 Å². The number of thioether (sulfide) groups is 1. The summed E-state index contributed by atoms with van der Waals surface area (Å²) < 4.78 is 2.00. The highest BCUT2D eigenvalue weighted by molar-refractivity contribution is 7.99. The number of carbonyl (C=O) groups is 1. The molecule has 0 unspecified atom stereocenters. The van der Waals surface area contributed by atoms with E-state index in [1.54, 1.807) is 11.3 Å². The van der Waals surface area contributed by atoms with Crippen LogP contribution in [0.4, 0.5) is 5.69 Å². The van der Waals surface area contributed by atoms with E-state index in [2.05, 4.69) is 34.6 Å². The molecule has 1 aromatic carbocycles. The van der Waals surface area contributed by atoms with Gasteiger partial charge in [-0.1, -0.05) is 29.5 Å². The first-order valence-corrected chi connectivity index (χ1v) is 12.4. The first-order chi connectivity index (χ1) is 14.9. The predicted molar refractivity (Wildman–Crippen MR) is 128 cm³/mol. The molecule has 8 heteroatoms. The summed E-state index contributed by atoms with van der Waals surface area (Å²) in [5, 5.41) is 13.9. The van der Waals surface area contributed by atoms with E-state index in [1.165, 1.54) is 40.6 Å². The first-order valence-electron chi connectivity index (χ1n) is 10.6. The van der Waals surface area contributed by atoms with E-state index in [9.17, 15) is 4.79 Å². The largest absolute Gasteiger partial charge is 0.325 e. The number of benzene rings is 1. The van der Waals surface area contributed by atoms with Crippen LogP contribution in [-0.2, 0) is 17.6 Å². The Balaban J connectivity index is 1.42. The summed E-state index contributed by atoms with van der Waals surface area (Å²) in [6.45, 7) is 8.10. The summed E-state index contributed by atoms with van der Waals surface area (Å²) in [4.78, 5) is 20.0. The molecular weight excluding hydrogens is 426 g/mol. The number of nitrogens with one attached hydrogen (secondary N) is 1. The number of aryl methyl sites for hydroxylation is 6. The summed E-state index contributed by atoms with van der Waals surface area (Å²) in [5.41, 5.74) is 6.52. The van der Waals surface area contributed by atoms with Crippen LogP contribution < -0.4 is 5.32 Å². The Labute approximate surface area is 189 Å². The third-order valence-corrected chi connectivity index (χ3v) is 7.99. The first kappa shape index (κ1) is 20.5. The average Bonchev–Trinajstić information content (AvgIpc) is 3.30. The van der Waals surface area contributed by atoms with Gasteiger partial charge < -0.3 is 5.32 Å². The molecule has 1 N–H and O–H groups in total. The van der Waals surface area contributed by atoms with E-state index in [0.717, 1.165) is 51.3 Å². The number of carbonyl (C=O) groups excluding carboxylic acids is 1. The van der Waals surface area contributed by atoms with Crippen LogP contribution in [0, 0.1) is 27.7 Å². The molecule has 3 aromatic heterocycles. The zero-order valence-electron chi connectivity index (χ0n) is 18.2. The second-order valence-electron chi connectivity index (χ2n) is 8.30. The fourth-order valence-corrected chi connectivity index (χ4v) is 6.64. The maximum atomic E-state index is 12.7. The van der Waals surface area contributed by atoms with Gasteiger partial charge in [-0.2, -0.15) is 0 Å². The molecule has 0 aliphatic heterocycles. The van der Waals surface area contributed by atoms with Gasteiger partial charge in [0.1, 0.15) is 10.7 Å². The number of amides is 1. The number of hydrogen-bond donors (Lipinski definition) is 1. The minimum atomic E-state index is -0.0450. The number of aromatic nitrogens is 4. The minimum Gasteiger partial charge on any atom is -0.325 e. The fourth-order valence-electron chi connectivity index (χ4n) is 4.56.